The maximum atomic E-state index is 13.1. The van der Waals surface area contributed by atoms with Crippen molar-refractivity contribution in [3.05, 3.63) is 59.9 Å². The number of rotatable bonds is 6. The standard InChI is InChI=1S/C20H22FN5OS/c1-27-18-8-2-15(3-9-18)14-22-19-23-20(28-24-19)26-12-10-25(11-13-26)17-6-4-16(21)5-7-17/h2-9H,10-14H2,1H3,(H,22,24). The number of ether oxygens (including phenoxy) is 1. The molecule has 0 aliphatic carbocycles. The van der Waals surface area contributed by atoms with Gasteiger partial charge in [-0.25, -0.2) is 4.39 Å². The Morgan fingerprint density at radius 1 is 1.00 bits per heavy atom. The molecule has 1 aliphatic rings. The van der Waals surface area contributed by atoms with Crippen LogP contribution in [-0.2, 0) is 6.54 Å². The second-order valence-electron chi connectivity index (χ2n) is 6.55. The maximum Gasteiger partial charge on any atom is 0.236 e. The molecule has 4 rings (SSSR count). The Hall–Kier alpha value is -2.87. The Balaban J connectivity index is 1.30. The number of piperazine rings is 1. The number of halogens is 1. The monoisotopic (exact) mass is 399 g/mol. The molecule has 1 N–H and O–H groups in total. The van der Waals surface area contributed by atoms with Gasteiger partial charge in [0.05, 0.1) is 7.11 Å². The largest absolute Gasteiger partial charge is 0.497 e. The Morgan fingerprint density at radius 3 is 2.36 bits per heavy atom. The van der Waals surface area contributed by atoms with Gasteiger partial charge in [-0.15, -0.1) is 0 Å². The molecule has 0 radical (unpaired) electrons. The molecule has 0 saturated carbocycles. The van der Waals surface area contributed by atoms with Gasteiger partial charge >= 0.3 is 0 Å². The van der Waals surface area contributed by atoms with Gasteiger partial charge in [-0.1, -0.05) is 12.1 Å². The van der Waals surface area contributed by atoms with Crippen molar-refractivity contribution in [1.82, 2.24) is 9.36 Å². The van der Waals surface area contributed by atoms with E-state index >= 15 is 0 Å². The number of hydrogen-bond donors (Lipinski definition) is 1. The van der Waals surface area contributed by atoms with Crippen LogP contribution in [-0.4, -0.2) is 42.6 Å². The summed E-state index contributed by atoms with van der Waals surface area (Å²) in [5.41, 5.74) is 2.20. The second-order valence-corrected chi connectivity index (χ2v) is 7.28. The van der Waals surface area contributed by atoms with Crippen molar-refractivity contribution in [2.75, 3.05) is 48.4 Å². The van der Waals surface area contributed by atoms with E-state index in [1.165, 1.54) is 23.7 Å². The van der Waals surface area contributed by atoms with Crippen LogP contribution in [0.15, 0.2) is 48.5 Å². The quantitative estimate of drug-likeness (QED) is 0.683. The number of benzene rings is 2. The molecule has 0 spiro atoms. The summed E-state index contributed by atoms with van der Waals surface area (Å²) < 4.78 is 22.7. The van der Waals surface area contributed by atoms with Crippen LogP contribution in [0.3, 0.4) is 0 Å². The van der Waals surface area contributed by atoms with Gasteiger partial charge in [0.15, 0.2) is 0 Å². The predicted molar refractivity (Wildman–Crippen MR) is 111 cm³/mol. The average molecular weight is 399 g/mol. The van der Waals surface area contributed by atoms with E-state index in [-0.39, 0.29) is 5.82 Å². The van der Waals surface area contributed by atoms with Crippen LogP contribution in [0.1, 0.15) is 5.56 Å². The van der Waals surface area contributed by atoms with E-state index in [2.05, 4.69) is 24.5 Å². The van der Waals surface area contributed by atoms with Gasteiger partial charge in [-0.3, -0.25) is 0 Å². The summed E-state index contributed by atoms with van der Waals surface area (Å²) in [6.07, 6.45) is 0. The lowest BCUT2D eigenvalue weighted by Crippen LogP contribution is -2.46. The Kier molecular flexibility index (Phi) is 5.57. The van der Waals surface area contributed by atoms with E-state index in [1.54, 1.807) is 7.11 Å². The topological polar surface area (TPSA) is 53.5 Å². The van der Waals surface area contributed by atoms with Gasteiger partial charge in [-0.2, -0.15) is 9.36 Å². The molecular formula is C20H22FN5OS. The van der Waals surface area contributed by atoms with E-state index in [0.29, 0.717) is 12.5 Å². The zero-order valence-corrected chi connectivity index (χ0v) is 16.5. The molecule has 1 aromatic heterocycles. The lowest BCUT2D eigenvalue weighted by atomic mass is 10.2. The fourth-order valence-electron chi connectivity index (χ4n) is 3.15. The van der Waals surface area contributed by atoms with Crippen LogP contribution in [0.2, 0.25) is 0 Å². The molecule has 1 aliphatic heterocycles. The van der Waals surface area contributed by atoms with Gasteiger partial charge in [0.2, 0.25) is 11.1 Å². The number of aromatic nitrogens is 2. The van der Waals surface area contributed by atoms with Crippen LogP contribution >= 0.6 is 11.5 Å². The van der Waals surface area contributed by atoms with Crippen LogP contribution < -0.4 is 19.9 Å². The first-order chi connectivity index (χ1) is 13.7. The molecule has 0 atom stereocenters. The van der Waals surface area contributed by atoms with Crippen LogP contribution in [0.4, 0.5) is 21.2 Å². The van der Waals surface area contributed by atoms with Gasteiger partial charge in [0.1, 0.15) is 11.6 Å². The number of nitrogens with one attached hydrogen (secondary N) is 1. The van der Waals surface area contributed by atoms with E-state index in [9.17, 15) is 4.39 Å². The molecule has 6 nitrogen and oxygen atoms in total. The molecule has 0 bridgehead atoms. The van der Waals surface area contributed by atoms with Crippen molar-refractivity contribution >= 4 is 28.3 Å². The van der Waals surface area contributed by atoms with Crippen LogP contribution in [0.25, 0.3) is 0 Å². The summed E-state index contributed by atoms with van der Waals surface area (Å²) in [5.74, 6) is 1.29. The summed E-state index contributed by atoms with van der Waals surface area (Å²) in [4.78, 5) is 9.13. The SMILES string of the molecule is COc1ccc(CNc2nsc(N3CCN(c4ccc(F)cc4)CC3)n2)cc1. The van der Waals surface area contributed by atoms with Crippen LogP contribution in [0.5, 0.6) is 5.75 Å². The van der Waals surface area contributed by atoms with E-state index in [4.69, 9.17) is 4.74 Å². The first kappa shape index (κ1) is 18.5. The highest BCUT2D eigenvalue weighted by Gasteiger charge is 2.20. The summed E-state index contributed by atoms with van der Waals surface area (Å²) in [6, 6.07) is 14.6. The molecule has 2 heterocycles. The van der Waals surface area contributed by atoms with Crippen molar-refractivity contribution in [2.24, 2.45) is 0 Å². The van der Waals surface area contributed by atoms with Crippen molar-refractivity contribution < 1.29 is 9.13 Å². The minimum atomic E-state index is -0.203. The lowest BCUT2D eigenvalue weighted by molar-refractivity contribution is 0.414. The smallest absolute Gasteiger partial charge is 0.236 e. The molecule has 2 aromatic carbocycles. The zero-order chi connectivity index (χ0) is 19.3. The average Bonchev–Trinajstić information content (AvgIpc) is 3.22. The van der Waals surface area contributed by atoms with Crippen molar-refractivity contribution in [2.45, 2.75) is 6.54 Å². The third kappa shape index (κ3) is 4.33. The lowest BCUT2D eigenvalue weighted by Gasteiger charge is -2.35. The van der Waals surface area contributed by atoms with Crippen LogP contribution in [0, 0.1) is 5.82 Å². The highest BCUT2D eigenvalue weighted by atomic mass is 32.1. The van der Waals surface area contributed by atoms with Gasteiger partial charge in [0.25, 0.3) is 0 Å². The zero-order valence-electron chi connectivity index (χ0n) is 15.6. The highest BCUT2D eigenvalue weighted by Crippen LogP contribution is 2.24. The minimum Gasteiger partial charge on any atom is -0.497 e. The summed E-state index contributed by atoms with van der Waals surface area (Å²) in [5, 5.41) is 4.20. The fourth-order valence-corrected chi connectivity index (χ4v) is 3.85. The van der Waals surface area contributed by atoms with Crippen molar-refractivity contribution in [1.29, 1.82) is 0 Å². The Labute approximate surface area is 167 Å². The molecule has 0 unspecified atom stereocenters. The molecule has 146 valence electrons. The van der Waals surface area contributed by atoms with Gasteiger partial charge in [0, 0.05) is 49.9 Å². The molecule has 8 heteroatoms. The third-order valence-electron chi connectivity index (χ3n) is 4.77. The number of hydrogen-bond acceptors (Lipinski definition) is 7. The van der Waals surface area contributed by atoms with Gasteiger partial charge in [-0.05, 0) is 42.0 Å². The highest BCUT2D eigenvalue weighted by molar-refractivity contribution is 7.09. The fraction of sp³-hybridized carbons (Fsp3) is 0.300. The molecular weight excluding hydrogens is 377 g/mol. The molecule has 1 saturated heterocycles. The maximum absolute atomic E-state index is 13.1. The normalized spacial score (nSPS) is 14.2. The first-order valence-electron chi connectivity index (χ1n) is 9.17. The molecule has 3 aromatic rings. The molecule has 1 fully saturated rings. The second kappa shape index (κ2) is 8.43. The molecule has 0 amide bonds. The van der Waals surface area contributed by atoms with Crippen molar-refractivity contribution in [3.63, 3.8) is 0 Å². The first-order valence-corrected chi connectivity index (χ1v) is 9.94. The number of nitrogens with zero attached hydrogens (tertiary/aromatic N) is 4. The summed E-state index contributed by atoms with van der Waals surface area (Å²) in [6.45, 7) is 4.15. The Morgan fingerprint density at radius 2 is 1.68 bits per heavy atom. The van der Waals surface area contributed by atoms with E-state index < -0.39 is 0 Å². The summed E-state index contributed by atoms with van der Waals surface area (Å²) >= 11 is 1.41. The predicted octanol–water partition coefficient (Wildman–Crippen LogP) is 3.62. The third-order valence-corrected chi connectivity index (χ3v) is 5.54. The van der Waals surface area contributed by atoms with E-state index in [0.717, 1.165) is 48.3 Å². The van der Waals surface area contributed by atoms with Crippen molar-refractivity contribution in [3.8, 4) is 5.75 Å². The Bertz CT molecular complexity index is 892. The minimum absolute atomic E-state index is 0.203. The van der Waals surface area contributed by atoms with E-state index in [1.807, 2.05) is 36.4 Å². The number of methoxy groups -OCH3 is 1. The van der Waals surface area contributed by atoms with Gasteiger partial charge < -0.3 is 19.9 Å². The number of anilines is 3. The molecule has 28 heavy (non-hydrogen) atoms. The summed E-state index contributed by atoms with van der Waals surface area (Å²) in [7, 11) is 1.66.